The van der Waals surface area contributed by atoms with Crippen LogP contribution >= 0.6 is 23.2 Å². The Kier molecular flexibility index (Phi) is 5.26. The van der Waals surface area contributed by atoms with Gasteiger partial charge in [0.1, 0.15) is 0 Å². The minimum atomic E-state index is 0.0798. The Labute approximate surface area is 124 Å². The van der Waals surface area contributed by atoms with Gasteiger partial charge in [-0.3, -0.25) is 9.69 Å². The van der Waals surface area contributed by atoms with Crippen molar-refractivity contribution in [3.8, 4) is 0 Å². The molecule has 0 aromatic heterocycles. The molecule has 1 atom stereocenters. The second-order valence-corrected chi connectivity index (χ2v) is 6.20. The summed E-state index contributed by atoms with van der Waals surface area (Å²) in [5.41, 5.74) is 0.573. The van der Waals surface area contributed by atoms with Crippen molar-refractivity contribution in [3.05, 3.63) is 33.8 Å². The van der Waals surface area contributed by atoms with E-state index in [-0.39, 0.29) is 5.78 Å². The molecular formula is C15H19Cl2NO. The number of hydrogen-bond acceptors (Lipinski definition) is 2. The average molecular weight is 300 g/mol. The summed E-state index contributed by atoms with van der Waals surface area (Å²) < 4.78 is 0. The van der Waals surface area contributed by atoms with Gasteiger partial charge < -0.3 is 0 Å². The first-order valence-corrected chi connectivity index (χ1v) is 7.52. The quantitative estimate of drug-likeness (QED) is 0.776. The lowest BCUT2D eigenvalue weighted by atomic mass is 10.0. The van der Waals surface area contributed by atoms with E-state index in [1.165, 1.54) is 19.3 Å². The van der Waals surface area contributed by atoms with Crippen molar-refractivity contribution in [3.63, 3.8) is 0 Å². The molecule has 4 heteroatoms. The lowest BCUT2D eigenvalue weighted by Crippen LogP contribution is -2.31. The molecule has 0 radical (unpaired) electrons. The zero-order valence-corrected chi connectivity index (χ0v) is 12.7. The van der Waals surface area contributed by atoms with Gasteiger partial charge in [0.05, 0.1) is 11.6 Å². The highest BCUT2D eigenvalue weighted by Crippen LogP contribution is 2.22. The van der Waals surface area contributed by atoms with Gasteiger partial charge in [-0.15, -0.1) is 0 Å². The third kappa shape index (κ3) is 4.20. The van der Waals surface area contributed by atoms with Gasteiger partial charge in [-0.25, -0.2) is 0 Å². The van der Waals surface area contributed by atoms with Gasteiger partial charge in [-0.1, -0.05) is 30.1 Å². The molecule has 1 fully saturated rings. The number of carbonyl (C=O) groups excluding carboxylic acids is 1. The van der Waals surface area contributed by atoms with Crippen molar-refractivity contribution >= 4 is 29.0 Å². The summed E-state index contributed by atoms with van der Waals surface area (Å²) in [6, 6.07) is 5.06. The van der Waals surface area contributed by atoms with Crippen molar-refractivity contribution < 1.29 is 4.79 Å². The molecule has 19 heavy (non-hydrogen) atoms. The molecule has 0 aliphatic carbocycles. The predicted molar refractivity (Wildman–Crippen MR) is 80.2 cm³/mol. The van der Waals surface area contributed by atoms with Crippen LogP contribution in [-0.2, 0) is 0 Å². The third-order valence-corrected chi connectivity index (χ3v) is 4.26. The van der Waals surface area contributed by atoms with Crippen molar-refractivity contribution in [1.82, 2.24) is 4.90 Å². The Morgan fingerprint density at radius 2 is 2.11 bits per heavy atom. The van der Waals surface area contributed by atoms with Crippen LogP contribution in [-0.4, -0.2) is 30.3 Å². The number of halogens is 2. The summed E-state index contributed by atoms with van der Waals surface area (Å²) in [5, 5.41) is 1.01. The fourth-order valence-electron chi connectivity index (χ4n) is 2.48. The number of ketones is 1. The van der Waals surface area contributed by atoms with Crippen LogP contribution in [0.5, 0.6) is 0 Å². The largest absolute Gasteiger partial charge is 0.296 e. The van der Waals surface area contributed by atoms with E-state index in [1.807, 2.05) is 0 Å². The Bertz CT molecular complexity index is 461. The molecule has 1 unspecified atom stereocenters. The number of benzene rings is 1. The minimum Gasteiger partial charge on any atom is -0.296 e. The van der Waals surface area contributed by atoms with Crippen molar-refractivity contribution in [2.75, 3.05) is 19.6 Å². The van der Waals surface area contributed by atoms with Crippen LogP contribution in [0.1, 0.15) is 36.5 Å². The van der Waals surface area contributed by atoms with E-state index in [4.69, 9.17) is 23.2 Å². The zero-order chi connectivity index (χ0) is 13.8. The van der Waals surface area contributed by atoms with Crippen LogP contribution in [0.4, 0.5) is 0 Å². The summed E-state index contributed by atoms with van der Waals surface area (Å²) in [5.74, 6) is 0.843. The van der Waals surface area contributed by atoms with E-state index in [9.17, 15) is 4.79 Å². The van der Waals surface area contributed by atoms with Gasteiger partial charge in [0.25, 0.3) is 0 Å². The molecule has 1 aromatic carbocycles. The molecule has 104 valence electrons. The monoisotopic (exact) mass is 299 g/mol. The Morgan fingerprint density at radius 3 is 2.84 bits per heavy atom. The Balaban J connectivity index is 2.00. The molecule has 2 rings (SSSR count). The van der Waals surface area contributed by atoms with Crippen LogP contribution in [0.3, 0.4) is 0 Å². The summed E-state index contributed by atoms with van der Waals surface area (Å²) in [6.45, 7) is 4.73. The maximum Gasteiger partial charge on any atom is 0.178 e. The van der Waals surface area contributed by atoms with Crippen molar-refractivity contribution in [2.24, 2.45) is 5.92 Å². The third-order valence-electron chi connectivity index (χ3n) is 3.71. The maximum absolute atomic E-state index is 12.3. The Morgan fingerprint density at radius 1 is 1.32 bits per heavy atom. The molecule has 1 heterocycles. The van der Waals surface area contributed by atoms with Crippen LogP contribution in [0.15, 0.2) is 18.2 Å². The fraction of sp³-hybridized carbons (Fsp3) is 0.533. The molecule has 1 aliphatic heterocycles. The molecule has 2 nitrogen and oxygen atoms in total. The molecule has 1 aromatic rings. The topological polar surface area (TPSA) is 20.3 Å². The predicted octanol–water partition coefficient (Wildman–Crippen LogP) is 4.30. The van der Waals surface area contributed by atoms with Gasteiger partial charge in [0.15, 0.2) is 5.78 Å². The molecule has 0 bridgehead atoms. The second kappa shape index (κ2) is 6.74. The van der Waals surface area contributed by atoms with Crippen LogP contribution < -0.4 is 0 Å². The molecule has 1 aliphatic rings. The van der Waals surface area contributed by atoms with E-state index < -0.39 is 0 Å². The van der Waals surface area contributed by atoms with Gasteiger partial charge in [-0.05, 0) is 56.5 Å². The SMILES string of the molecule is CC1CCCN(CC(=O)c2ccc(Cl)cc2Cl)CC1. The lowest BCUT2D eigenvalue weighted by molar-refractivity contribution is 0.0932. The van der Waals surface area contributed by atoms with Crippen LogP contribution in [0, 0.1) is 5.92 Å². The molecule has 1 saturated heterocycles. The number of likely N-dealkylation sites (tertiary alicyclic amines) is 1. The van der Waals surface area contributed by atoms with E-state index >= 15 is 0 Å². The highest BCUT2D eigenvalue weighted by Gasteiger charge is 2.18. The summed E-state index contributed by atoms with van der Waals surface area (Å²) >= 11 is 11.9. The van der Waals surface area contributed by atoms with Gasteiger partial charge in [-0.2, -0.15) is 0 Å². The maximum atomic E-state index is 12.3. The molecule has 0 saturated carbocycles. The number of rotatable bonds is 3. The average Bonchev–Trinajstić information content (AvgIpc) is 2.54. The molecule has 0 N–H and O–H groups in total. The van der Waals surface area contributed by atoms with Gasteiger partial charge in [0.2, 0.25) is 0 Å². The summed E-state index contributed by atoms with van der Waals surface area (Å²) in [4.78, 5) is 14.5. The zero-order valence-electron chi connectivity index (χ0n) is 11.2. The first kappa shape index (κ1) is 14.8. The van der Waals surface area contributed by atoms with Crippen molar-refractivity contribution in [1.29, 1.82) is 0 Å². The van der Waals surface area contributed by atoms with E-state index in [2.05, 4.69) is 11.8 Å². The van der Waals surface area contributed by atoms with Gasteiger partial charge >= 0.3 is 0 Å². The van der Waals surface area contributed by atoms with E-state index in [0.717, 1.165) is 19.0 Å². The molecular weight excluding hydrogens is 281 g/mol. The minimum absolute atomic E-state index is 0.0798. The Hall–Kier alpha value is -0.570. The number of hydrogen-bond donors (Lipinski definition) is 0. The van der Waals surface area contributed by atoms with Crippen molar-refractivity contribution in [2.45, 2.75) is 26.2 Å². The smallest absolute Gasteiger partial charge is 0.178 e. The first-order valence-electron chi connectivity index (χ1n) is 6.77. The first-order chi connectivity index (χ1) is 9.06. The van der Waals surface area contributed by atoms with E-state index in [1.54, 1.807) is 18.2 Å². The normalized spacial score (nSPS) is 21.1. The second-order valence-electron chi connectivity index (χ2n) is 5.36. The highest BCUT2D eigenvalue weighted by atomic mass is 35.5. The van der Waals surface area contributed by atoms with E-state index in [0.29, 0.717) is 22.2 Å². The highest BCUT2D eigenvalue weighted by molar-refractivity contribution is 6.36. The van der Waals surface area contributed by atoms with Gasteiger partial charge in [0, 0.05) is 10.6 Å². The van der Waals surface area contributed by atoms with Crippen LogP contribution in [0.2, 0.25) is 10.0 Å². The summed E-state index contributed by atoms with van der Waals surface area (Å²) in [6.07, 6.45) is 3.59. The molecule has 0 amide bonds. The van der Waals surface area contributed by atoms with Crippen LogP contribution in [0.25, 0.3) is 0 Å². The summed E-state index contributed by atoms with van der Waals surface area (Å²) in [7, 11) is 0. The molecule has 0 spiro atoms. The number of Topliss-reactive ketones (excluding diaryl/α,β-unsaturated/α-hetero) is 1. The standard InChI is InChI=1S/C15H19Cl2NO/c1-11-3-2-7-18(8-6-11)10-15(19)13-5-4-12(16)9-14(13)17/h4-5,9,11H,2-3,6-8,10H2,1H3. The lowest BCUT2D eigenvalue weighted by Gasteiger charge is -2.19. The number of carbonyl (C=O) groups is 1. The number of nitrogens with zero attached hydrogens (tertiary/aromatic N) is 1. The fourth-order valence-corrected chi connectivity index (χ4v) is 3.00.